The first-order chi connectivity index (χ1) is 33.4. The molecule has 380 valence electrons. The van der Waals surface area contributed by atoms with E-state index in [1.807, 2.05) is 0 Å². The van der Waals surface area contributed by atoms with Crippen molar-refractivity contribution in [3.8, 4) is 11.5 Å². The Labute approximate surface area is 405 Å². The van der Waals surface area contributed by atoms with Gasteiger partial charge in [-0.1, -0.05) is 30.7 Å². The van der Waals surface area contributed by atoms with Gasteiger partial charge in [0, 0.05) is 26.2 Å². The number of benzene rings is 4. The molecule has 0 bridgehead atoms. The van der Waals surface area contributed by atoms with Gasteiger partial charge in [0.25, 0.3) is 20.4 Å². The molecular weight excluding hydrogens is 977 g/mol. The molecule has 0 amide bonds. The van der Waals surface area contributed by atoms with Crippen LogP contribution in [-0.2, 0) is 52.7 Å². The van der Waals surface area contributed by atoms with Crippen molar-refractivity contribution in [2.45, 2.75) is 57.3 Å². The van der Waals surface area contributed by atoms with Gasteiger partial charge >= 0.3 is 35.8 Å². The molecule has 0 aliphatic heterocycles. The number of hydrogen-bond acceptors (Lipinski definition) is 14. The normalized spacial score (nSPS) is 12.3. The largest absolute Gasteiger partial charge is 0.481 e. The average Bonchev–Trinajstić information content (AvgIpc) is 3.29. The van der Waals surface area contributed by atoms with E-state index in [4.69, 9.17) is 32.4 Å². The average molecular weight is 1030 g/mol. The van der Waals surface area contributed by atoms with Crippen molar-refractivity contribution < 1.29 is 75.5 Å². The molecule has 0 radical (unpaired) electrons. The van der Waals surface area contributed by atoms with E-state index in [1.165, 1.54) is 97.1 Å². The first-order valence-electron chi connectivity index (χ1n) is 20.9. The quantitative estimate of drug-likeness (QED) is 0.0124. The van der Waals surface area contributed by atoms with Crippen LogP contribution in [0.3, 0.4) is 0 Å². The number of carbonyl (C=O) groups is 6. The smallest absolute Gasteiger partial charge is 0.343 e. The molecule has 28 heteroatoms. The summed E-state index contributed by atoms with van der Waals surface area (Å²) in [5.74, 6) is -8.51. The van der Waals surface area contributed by atoms with Crippen LogP contribution in [0.5, 0.6) is 11.5 Å². The predicted molar refractivity (Wildman–Crippen MR) is 253 cm³/mol. The summed E-state index contributed by atoms with van der Waals surface area (Å²) in [4.78, 5) is 80.8. The van der Waals surface area contributed by atoms with E-state index in [2.05, 4.69) is 19.4 Å². The number of nitrogens with one attached hydrogen (secondary N) is 2. The maximum absolute atomic E-state index is 13.6. The maximum Gasteiger partial charge on any atom is 0.343 e. The number of hydrogen-bond donors (Lipinski definition) is 10. The van der Waals surface area contributed by atoms with Gasteiger partial charge in [0.2, 0.25) is 0 Å². The van der Waals surface area contributed by atoms with Crippen molar-refractivity contribution in [2.24, 2.45) is 32.9 Å². The number of rotatable bonds is 28. The van der Waals surface area contributed by atoms with Crippen LogP contribution in [0.2, 0.25) is 0 Å². The molecule has 0 aliphatic carbocycles. The van der Waals surface area contributed by atoms with E-state index >= 15 is 0 Å². The third kappa shape index (κ3) is 17.8. The zero-order valence-corrected chi connectivity index (χ0v) is 39.0. The zero-order chi connectivity index (χ0) is 52.5. The molecule has 0 saturated carbocycles. The number of aliphatic carboxylic acids is 4. The number of nitrogens with two attached hydrogens (primary N) is 4. The van der Waals surface area contributed by atoms with Crippen LogP contribution in [0.15, 0.2) is 107 Å². The Bertz CT molecular complexity index is 2630. The highest BCUT2D eigenvalue weighted by Crippen LogP contribution is 2.21. The van der Waals surface area contributed by atoms with Gasteiger partial charge in [-0.25, -0.2) is 19.6 Å². The standard InChI is InChI=1S/C43H50N10O16S2/c44-42(45)50-30-12-8-28(9-13-30)40(62)68-32-16-4-26(5-17-32)24-48-70(64,65)52(34(38(58)59)22-36(54)55)20-2-1-3-21-53(35(39(60)61)23-37(56)57)71(66,67)49-25-27-6-18-33(19-7-27)69-41(63)29-10-14-31(15-11-29)51-43(46)47/h4-19,34-35,48-49H,1-3,20-25H2,(H,54,55)(H,56,57)(H,58,59)(H,60,61)(H4,44,45,50)(H4,46,47,51)/t34-,35-/m0/s1. The first-order valence-corrected chi connectivity index (χ1v) is 23.8. The second kappa shape index (κ2) is 25.5. The molecule has 4 rings (SSSR count). The Kier molecular flexibility index (Phi) is 20.0. The molecule has 0 heterocycles. The highest BCUT2D eigenvalue weighted by Gasteiger charge is 2.38. The van der Waals surface area contributed by atoms with Gasteiger partial charge in [-0.2, -0.15) is 34.9 Å². The number of unbranched alkanes of at least 4 members (excludes halogenated alkanes) is 2. The minimum Gasteiger partial charge on any atom is -0.481 e. The lowest BCUT2D eigenvalue weighted by Crippen LogP contribution is -2.51. The summed E-state index contributed by atoms with van der Waals surface area (Å²) in [6.07, 6.45) is -2.81. The van der Waals surface area contributed by atoms with Gasteiger partial charge in [-0.05, 0) is 96.8 Å². The molecule has 0 aromatic heterocycles. The summed E-state index contributed by atoms with van der Waals surface area (Å²) in [5, 5.41) is 38.7. The highest BCUT2D eigenvalue weighted by atomic mass is 32.2. The minimum absolute atomic E-state index is 0.0852. The molecule has 0 aliphatic rings. The molecule has 2 atom stereocenters. The summed E-state index contributed by atoms with van der Waals surface area (Å²) in [6, 6.07) is 18.5. The second-order valence-electron chi connectivity index (χ2n) is 15.1. The van der Waals surface area contributed by atoms with Gasteiger partial charge in [0.05, 0.1) is 35.3 Å². The van der Waals surface area contributed by atoms with Crippen molar-refractivity contribution in [3.05, 3.63) is 119 Å². The van der Waals surface area contributed by atoms with Gasteiger partial charge in [-0.3, -0.25) is 19.2 Å². The maximum atomic E-state index is 13.6. The topological polar surface area (TPSA) is 429 Å². The summed E-state index contributed by atoms with van der Waals surface area (Å²) in [7, 11) is -9.56. The summed E-state index contributed by atoms with van der Waals surface area (Å²) in [5.41, 5.74) is 23.2. The van der Waals surface area contributed by atoms with E-state index in [9.17, 15) is 66.0 Å². The highest BCUT2D eigenvalue weighted by molar-refractivity contribution is 7.87. The fourth-order valence-corrected chi connectivity index (χ4v) is 9.16. The SMILES string of the molecule is NC(N)=Nc1ccc(C(=O)Oc2ccc(CNS(=O)(=O)N(CCCCCN([C@@H](CC(=O)O)C(=O)O)S(=O)(=O)NCc3ccc(OC(=O)c4ccc(N=C(N)N)cc4)cc3)[C@@H](CC(=O)O)C(=O)O)cc2)cc1. The Morgan fingerprint density at radius 2 is 0.831 bits per heavy atom. The lowest BCUT2D eigenvalue weighted by molar-refractivity contribution is -0.148. The van der Waals surface area contributed by atoms with Crippen LogP contribution in [0.4, 0.5) is 11.4 Å². The molecule has 0 fully saturated rings. The van der Waals surface area contributed by atoms with Crippen LogP contribution < -0.4 is 41.9 Å². The lowest BCUT2D eigenvalue weighted by Gasteiger charge is -2.28. The molecule has 14 N–H and O–H groups in total. The van der Waals surface area contributed by atoms with E-state index in [-0.39, 0.29) is 53.8 Å². The number of guanidine groups is 2. The van der Waals surface area contributed by atoms with Gasteiger partial charge in [0.1, 0.15) is 23.6 Å². The van der Waals surface area contributed by atoms with Crippen molar-refractivity contribution in [2.75, 3.05) is 13.1 Å². The molecule has 4 aromatic carbocycles. The number of esters is 2. The fraction of sp³-hybridized carbons (Fsp3) is 0.256. The predicted octanol–water partition coefficient (Wildman–Crippen LogP) is 0.934. The monoisotopic (exact) mass is 1030 g/mol. The molecular formula is C43H50N10O16S2. The van der Waals surface area contributed by atoms with Crippen LogP contribution in [0.1, 0.15) is 63.9 Å². The molecule has 71 heavy (non-hydrogen) atoms. The Hall–Kier alpha value is -8.02. The Balaban J connectivity index is 1.40. The second-order valence-corrected chi connectivity index (χ2v) is 18.5. The van der Waals surface area contributed by atoms with Gasteiger partial charge in [-0.15, -0.1) is 0 Å². The number of carboxylic acids is 4. The van der Waals surface area contributed by atoms with Gasteiger partial charge < -0.3 is 52.8 Å². The summed E-state index contributed by atoms with van der Waals surface area (Å²) < 4.78 is 70.5. The molecule has 26 nitrogen and oxygen atoms in total. The van der Waals surface area contributed by atoms with Crippen LogP contribution in [0, 0.1) is 0 Å². The summed E-state index contributed by atoms with van der Waals surface area (Å²) in [6.45, 7) is -2.09. The van der Waals surface area contributed by atoms with E-state index < -0.39 is 107 Å². The number of nitrogens with zero attached hydrogens (tertiary/aromatic N) is 4. The van der Waals surface area contributed by atoms with Crippen LogP contribution >= 0.6 is 0 Å². The van der Waals surface area contributed by atoms with Crippen molar-refractivity contribution in [3.63, 3.8) is 0 Å². The zero-order valence-electron chi connectivity index (χ0n) is 37.4. The Morgan fingerprint density at radius 3 is 1.11 bits per heavy atom. The number of ether oxygens (including phenoxy) is 2. The fourth-order valence-electron chi connectivity index (χ4n) is 6.39. The van der Waals surface area contributed by atoms with E-state index in [1.54, 1.807) is 0 Å². The van der Waals surface area contributed by atoms with Crippen LogP contribution in [-0.4, -0.2) is 119 Å². The van der Waals surface area contributed by atoms with Crippen molar-refractivity contribution >= 4 is 79.5 Å². The van der Waals surface area contributed by atoms with Crippen molar-refractivity contribution in [1.29, 1.82) is 0 Å². The molecule has 0 saturated heterocycles. The third-order valence-electron chi connectivity index (χ3n) is 9.78. The van der Waals surface area contributed by atoms with E-state index in [0.717, 1.165) is 0 Å². The lowest BCUT2D eigenvalue weighted by atomic mass is 10.1. The first kappa shape index (κ1) is 55.6. The molecule has 0 unspecified atom stereocenters. The Morgan fingerprint density at radius 1 is 0.507 bits per heavy atom. The van der Waals surface area contributed by atoms with E-state index in [0.29, 0.717) is 31.1 Å². The third-order valence-corrected chi connectivity index (χ3v) is 12.9. The van der Waals surface area contributed by atoms with Gasteiger partial charge in [0.15, 0.2) is 11.9 Å². The number of carboxylic acid groups (broad SMARTS) is 4. The number of aliphatic imine (C=N–C) groups is 2. The summed E-state index contributed by atoms with van der Waals surface area (Å²) >= 11 is 0. The minimum atomic E-state index is -4.78. The molecule has 4 aromatic rings. The number of carbonyl (C=O) groups excluding carboxylic acids is 2. The van der Waals surface area contributed by atoms with Crippen LogP contribution in [0.25, 0.3) is 0 Å². The van der Waals surface area contributed by atoms with Crippen molar-refractivity contribution in [1.82, 2.24) is 18.1 Å². The molecule has 0 spiro atoms.